The Labute approximate surface area is 183 Å². The van der Waals surface area contributed by atoms with Crippen molar-refractivity contribution < 1.29 is 9.21 Å². The van der Waals surface area contributed by atoms with Crippen LogP contribution < -0.4 is 0 Å². The lowest BCUT2D eigenvalue weighted by molar-refractivity contribution is 0.100. The second-order valence-corrected chi connectivity index (χ2v) is 7.61. The second kappa shape index (κ2) is 7.81. The fourth-order valence-corrected chi connectivity index (χ4v) is 3.85. The Balaban J connectivity index is 1.57. The van der Waals surface area contributed by atoms with Crippen LogP contribution in [0, 0.1) is 6.92 Å². The molecule has 31 heavy (non-hydrogen) atoms. The molecule has 0 saturated carbocycles. The minimum Gasteiger partial charge on any atom is -0.413 e. The molecular formula is C24H17ClN4O2. The van der Waals surface area contributed by atoms with Crippen LogP contribution in [0.3, 0.4) is 0 Å². The Bertz CT molecular complexity index is 1390. The molecule has 0 radical (unpaired) electrons. The van der Waals surface area contributed by atoms with Crippen molar-refractivity contribution in [2.45, 2.75) is 13.5 Å². The summed E-state index contributed by atoms with van der Waals surface area (Å²) in [5, 5.41) is 9.57. The number of carbonyl (C=O) groups excluding carboxylic acids is 1. The molecular weight excluding hydrogens is 412 g/mol. The number of para-hydroxylation sites is 1. The number of pyridine rings is 1. The Morgan fingerprint density at radius 1 is 1.03 bits per heavy atom. The number of benzene rings is 2. The minimum atomic E-state index is -0.300. The van der Waals surface area contributed by atoms with E-state index in [1.807, 2.05) is 55.5 Å². The Kier molecular flexibility index (Phi) is 4.84. The molecule has 7 heteroatoms. The summed E-state index contributed by atoms with van der Waals surface area (Å²) in [6, 6.07) is 19.1. The van der Waals surface area contributed by atoms with Gasteiger partial charge in [-0.05, 0) is 42.8 Å². The largest absolute Gasteiger partial charge is 0.413 e. The van der Waals surface area contributed by atoms with Gasteiger partial charge < -0.3 is 8.98 Å². The standard InChI is InChI=1S/C24H17ClN4O2/c1-15-21(22(30)24-28-27-23(31-24)17-5-4-12-26-13-17)19-6-2-3-7-20(19)29(15)14-16-8-10-18(25)11-9-16/h2-13H,14H2,1H3. The lowest BCUT2D eigenvalue weighted by Crippen LogP contribution is -2.06. The summed E-state index contributed by atoms with van der Waals surface area (Å²) >= 11 is 6.02. The van der Waals surface area contributed by atoms with E-state index in [2.05, 4.69) is 19.7 Å². The number of nitrogens with zero attached hydrogens (tertiary/aromatic N) is 4. The highest BCUT2D eigenvalue weighted by Gasteiger charge is 2.25. The molecule has 2 aromatic carbocycles. The third-order valence-corrected chi connectivity index (χ3v) is 5.49. The maximum atomic E-state index is 13.4. The number of halogens is 1. The quantitative estimate of drug-likeness (QED) is 0.354. The Morgan fingerprint density at radius 2 is 1.84 bits per heavy atom. The van der Waals surface area contributed by atoms with Crippen molar-refractivity contribution in [1.82, 2.24) is 19.7 Å². The SMILES string of the molecule is Cc1c(C(=O)c2nnc(-c3cccnc3)o2)c2ccccc2n1Cc1ccc(Cl)cc1. The number of ketones is 1. The number of aromatic nitrogens is 4. The lowest BCUT2D eigenvalue weighted by atomic mass is 10.1. The van der Waals surface area contributed by atoms with Crippen molar-refractivity contribution in [3.8, 4) is 11.5 Å². The minimum absolute atomic E-state index is 0.0450. The first-order valence-electron chi connectivity index (χ1n) is 9.72. The second-order valence-electron chi connectivity index (χ2n) is 7.17. The van der Waals surface area contributed by atoms with Gasteiger partial charge in [0, 0.05) is 40.6 Å². The van der Waals surface area contributed by atoms with Gasteiger partial charge in [-0.15, -0.1) is 10.2 Å². The molecule has 0 amide bonds. The van der Waals surface area contributed by atoms with Crippen LogP contribution in [0.4, 0.5) is 0 Å². The number of hydrogen-bond donors (Lipinski definition) is 0. The smallest absolute Gasteiger partial charge is 0.289 e. The summed E-state index contributed by atoms with van der Waals surface area (Å²) in [6.07, 6.45) is 3.27. The average molecular weight is 429 g/mol. The molecule has 0 aliphatic carbocycles. The van der Waals surface area contributed by atoms with Crippen LogP contribution in [-0.4, -0.2) is 25.5 Å². The van der Waals surface area contributed by atoms with E-state index < -0.39 is 0 Å². The van der Waals surface area contributed by atoms with Crippen LogP contribution in [0.15, 0.2) is 77.5 Å². The summed E-state index contributed by atoms with van der Waals surface area (Å²) in [4.78, 5) is 17.4. The molecule has 0 unspecified atom stereocenters. The van der Waals surface area contributed by atoms with E-state index in [-0.39, 0.29) is 17.6 Å². The molecule has 0 atom stereocenters. The molecule has 0 aliphatic rings. The molecule has 3 aromatic heterocycles. The van der Waals surface area contributed by atoms with Gasteiger partial charge >= 0.3 is 0 Å². The van der Waals surface area contributed by atoms with E-state index in [1.54, 1.807) is 24.5 Å². The molecule has 0 bridgehead atoms. The van der Waals surface area contributed by atoms with E-state index in [4.69, 9.17) is 16.0 Å². The summed E-state index contributed by atoms with van der Waals surface area (Å²) in [6.45, 7) is 2.54. The fraction of sp³-hybridized carbons (Fsp3) is 0.0833. The van der Waals surface area contributed by atoms with Gasteiger partial charge in [0.1, 0.15) is 0 Å². The zero-order valence-corrected chi connectivity index (χ0v) is 17.4. The zero-order chi connectivity index (χ0) is 21.4. The van der Waals surface area contributed by atoms with Crippen LogP contribution in [-0.2, 0) is 6.54 Å². The number of rotatable bonds is 5. The van der Waals surface area contributed by atoms with Gasteiger partial charge in [-0.3, -0.25) is 9.78 Å². The number of fused-ring (bicyclic) bond motifs is 1. The predicted octanol–water partition coefficient (Wildman–Crippen LogP) is 5.33. The lowest BCUT2D eigenvalue weighted by Gasteiger charge is -2.09. The molecule has 5 rings (SSSR count). The van der Waals surface area contributed by atoms with Crippen LogP contribution in [0.5, 0.6) is 0 Å². The predicted molar refractivity (Wildman–Crippen MR) is 118 cm³/mol. The van der Waals surface area contributed by atoms with E-state index in [1.165, 1.54) is 0 Å². The van der Waals surface area contributed by atoms with Gasteiger partial charge in [0.15, 0.2) is 0 Å². The highest BCUT2D eigenvalue weighted by Crippen LogP contribution is 2.29. The molecule has 0 N–H and O–H groups in total. The summed E-state index contributed by atoms with van der Waals surface area (Å²) in [7, 11) is 0. The molecule has 6 nitrogen and oxygen atoms in total. The molecule has 0 spiro atoms. The molecule has 0 saturated heterocycles. The Morgan fingerprint density at radius 3 is 2.61 bits per heavy atom. The summed E-state index contributed by atoms with van der Waals surface area (Å²) in [5.41, 5.74) is 4.11. The van der Waals surface area contributed by atoms with Crippen LogP contribution in [0.1, 0.15) is 27.5 Å². The van der Waals surface area contributed by atoms with E-state index in [9.17, 15) is 4.79 Å². The van der Waals surface area contributed by atoms with E-state index in [0.29, 0.717) is 22.7 Å². The van der Waals surface area contributed by atoms with Gasteiger partial charge in [0.05, 0.1) is 11.1 Å². The summed E-state index contributed by atoms with van der Waals surface area (Å²) < 4.78 is 7.81. The van der Waals surface area contributed by atoms with Gasteiger partial charge in [0.25, 0.3) is 11.7 Å². The maximum absolute atomic E-state index is 13.4. The van der Waals surface area contributed by atoms with Crippen molar-refractivity contribution in [2.75, 3.05) is 0 Å². The first-order chi connectivity index (χ1) is 15.1. The number of carbonyl (C=O) groups is 1. The van der Waals surface area contributed by atoms with E-state index >= 15 is 0 Å². The summed E-state index contributed by atoms with van der Waals surface area (Å²) in [5.74, 6) is -0.0819. The monoisotopic (exact) mass is 428 g/mol. The van der Waals surface area contributed by atoms with Crippen molar-refractivity contribution in [2.24, 2.45) is 0 Å². The molecule has 0 aliphatic heterocycles. The highest BCUT2D eigenvalue weighted by molar-refractivity contribution is 6.30. The van der Waals surface area contributed by atoms with Crippen LogP contribution >= 0.6 is 11.6 Å². The first kappa shape index (κ1) is 19.2. The van der Waals surface area contributed by atoms with E-state index in [0.717, 1.165) is 22.2 Å². The first-order valence-corrected chi connectivity index (χ1v) is 10.1. The maximum Gasteiger partial charge on any atom is 0.289 e. The van der Waals surface area contributed by atoms with Gasteiger partial charge in [0.2, 0.25) is 5.89 Å². The van der Waals surface area contributed by atoms with Crippen molar-refractivity contribution in [1.29, 1.82) is 0 Å². The Hall–Kier alpha value is -3.77. The fourth-order valence-electron chi connectivity index (χ4n) is 3.72. The highest BCUT2D eigenvalue weighted by atomic mass is 35.5. The zero-order valence-electron chi connectivity index (χ0n) is 16.6. The molecule has 152 valence electrons. The van der Waals surface area contributed by atoms with Crippen LogP contribution in [0.25, 0.3) is 22.4 Å². The molecule has 3 heterocycles. The third-order valence-electron chi connectivity index (χ3n) is 5.24. The van der Waals surface area contributed by atoms with Gasteiger partial charge in [-0.2, -0.15) is 0 Å². The third kappa shape index (κ3) is 3.51. The van der Waals surface area contributed by atoms with Gasteiger partial charge in [-0.1, -0.05) is 41.9 Å². The van der Waals surface area contributed by atoms with Crippen molar-refractivity contribution in [3.63, 3.8) is 0 Å². The molecule has 5 aromatic rings. The average Bonchev–Trinajstić information content (AvgIpc) is 3.40. The normalized spacial score (nSPS) is 11.2. The molecule has 0 fully saturated rings. The van der Waals surface area contributed by atoms with Crippen molar-refractivity contribution >= 4 is 28.3 Å². The van der Waals surface area contributed by atoms with Gasteiger partial charge in [-0.25, -0.2) is 0 Å². The number of hydrogen-bond acceptors (Lipinski definition) is 5. The topological polar surface area (TPSA) is 73.8 Å². The van der Waals surface area contributed by atoms with Crippen molar-refractivity contribution in [3.05, 3.63) is 101 Å². The van der Waals surface area contributed by atoms with Crippen LogP contribution in [0.2, 0.25) is 5.02 Å².